The fourth-order valence-corrected chi connectivity index (χ4v) is 1.59. The molecular weight excluding hydrogens is 200 g/mol. The summed E-state index contributed by atoms with van der Waals surface area (Å²) in [6.45, 7) is 0. The molecule has 3 heteroatoms. The zero-order valence-corrected chi connectivity index (χ0v) is 9.04. The molecule has 0 saturated carbocycles. The van der Waals surface area contributed by atoms with Gasteiger partial charge in [-0.15, -0.1) is 0 Å². The van der Waals surface area contributed by atoms with Crippen LogP contribution < -0.4 is 4.57 Å². The Hall–Kier alpha value is -2.16. The maximum absolute atomic E-state index is 8.56. The number of aromatic nitrogens is 1. The molecule has 80 valence electrons. The van der Waals surface area contributed by atoms with E-state index in [0.29, 0.717) is 0 Å². The second kappa shape index (κ2) is 4.57. The van der Waals surface area contributed by atoms with Crippen LogP contribution in [0.4, 0.5) is 0 Å². The lowest BCUT2D eigenvalue weighted by Crippen LogP contribution is -2.32. The Labute approximate surface area is 94.3 Å². The fourth-order valence-electron chi connectivity index (χ4n) is 1.59. The van der Waals surface area contributed by atoms with Gasteiger partial charge in [0.25, 0.3) is 0 Å². The van der Waals surface area contributed by atoms with E-state index in [1.165, 1.54) is 6.21 Å². The molecule has 0 unspecified atom stereocenters. The van der Waals surface area contributed by atoms with Gasteiger partial charge in [0, 0.05) is 12.1 Å². The number of hydrogen-bond acceptors (Lipinski definition) is 2. The van der Waals surface area contributed by atoms with Crippen molar-refractivity contribution in [2.45, 2.75) is 0 Å². The highest BCUT2D eigenvalue weighted by Gasteiger charge is 2.06. The lowest BCUT2D eigenvalue weighted by molar-refractivity contribution is -0.672. The Morgan fingerprint density at radius 2 is 1.88 bits per heavy atom. The maximum atomic E-state index is 8.56. The predicted molar refractivity (Wildman–Crippen MR) is 62.4 cm³/mol. The van der Waals surface area contributed by atoms with Crippen LogP contribution in [-0.4, -0.2) is 11.4 Å². The van der Waals surface area contributed by atoms with E-state index in [-0.39, 0.29) is 0 Å². The first kappa shape index (κ1) is 10.4. The third-order valence-electron chi connectivity index (χ3n) is 2.49. The van der Waals surface area contributed by atoms with Crippen molar-refractivity contribution in [3.63, 3.8) is 0 Å². The number of aryl methyl sites for hydroxylation is 1. The first-order valence-electron chi connectivity index (χ1n) is 5.04. The molecule has 0 atom stereocenters. The Morgan fingerprint density at radius 3 is 2.56 bits per heavy atom. The van der Waals surface area contributed by atoms with Gasteiger partial charge in [0.15, 0.2) is 6.20 Å². The molecule has 1 N–H and O–H groups in total. The molecular formula is C13H13N2O+. The maximum Gasteiger partial charge on any atom is 0.227 e. The SMILES string of the molecule is C[n+]1ccc(-c2ccccc2)cc1/C=N/O. The molecule has 3 nitrogen and oxygen atoms in total. The Morgan fingerprint density at radius 1 is 1.12 bits per heavy atom. The van der Waals surface area contributed by atoms with E-state index in [0.717, 1.165) is 16.8 Å². The van der Waals surface area contributed by atoms with Crippen LogP contribution in [-0.2, 0) is 7.05 Å². The van der Waals surface area contributed by atoms with Crippen LogP contribution in [0.5, 0.6) is 0 Å². The van der Waals surface area contributed by atoms with Gasteiger partial charge >= 0.3 is 0 Å². The Kier molecular flexibility index (Phi) is 2.96. The van der Waals surface area contributed by atoms with Gasteiger partial charge in [-0.25, -0.2) is 4.57 Å². The minimum Gasteiger partial charge on any atom is -0.411 e. The van der Waals surface area contributed by atoms with E-state index in [9.17, 15) is 0 Å². The summed E-state index contributed by atoms with van der Waals surface area (Å²) >= 11 is 0. The summed E-state index contributed by atoms with van der Waals surface area (Å²) < 4.78 is 1.90. The van der Waals surface area contributed by atoms with Crippen LogP contribution in [0.1, 0.15) is 5.69 Å². The summed E-state index contributed by atoms with van der Waals surface area (Å²) in [6.07, 6.45) is 3.37. The molecule has 2 rings (SSSR count). The zero-order chi connectivity index (χ0) is 11.4. The molecule has 0 spiro atoms. The third-order valence-corrected chi connectivity index (χ3v) is 2.49. The monoisotopic (exact) mass is 213 g/mol. The molecule has 0 aliphatic carbocycles. The smallest absolute Gasteiger partial charge is 0.227 e. The molecule has 1 heterocycles. The first-order chi connectivity index (χ1) is 7.81. The predicted octanol–water partition coefficient (Wildman–Crippen LogP) is 1.99. The zero-order valence-electron chi connectivity index (χ0n) is 9.04. The number of hydrogen-bond donors (Lipinski definition) is 1. The molecule has 16 heavy (non-hydrogen) atoms. The third kappa shape index (κ3) is 2.08. The standard InChI is InChI=1S/C13H12N2O/c1-15-8-7-12(9-13(15)10-14-16)11-5-3-2-4-6-11/h2-10H,1H3/p+1. The van der Waals surface area contributed by atoms with Crippen molar-refractivity contribution in [2.24, 2.45) is 12.2 Å². The van der Waals surface area contributed by atoms with Crippen LogP contribution in [0.25, 0.3) is 11.1 Å². The highest BCUT2D eigenvalue weighted by molar-refractivity contribution is 5.77. The van der Waals surface area contributed by atoms with Crippen LogP contribution >= 0.6 is 0 Å². The van der Waals surface area contributed by atoms with Crippen LogP contribution in [0.15, 0.2) is 53.8 Å². The first-order valence-corrected chi connectivity index (χ1v) is 5.04. The molecule has 0 bridgehead atoms. The number of nitrogens with zero attached hydrogens (tertiary/aromatic N) is 2. The lowest BCUT2D eigenvalue weighted by Gasteiger charge is -2.01. The van der Waals surface area contributed by atoms with E-state index in [1.54, 1.807) is 0 Å². The molecule has 0 fully saturated rings. The van der Waals surface area contributed by atoms with Crippen LogP contribution in [0.3, 0.4) is 0 Å². The van der Waals surface area contributed by atoms with Gasteiger partial charge in [-0.05, 0) is 11.1 Å². The van der Waals surface area contributed by atoms with E-state index in [4.69, 9.17) is 5.21 Å². The van der Waals surface area contributed by atoms with Gasteiger partial charge in [0.05, 0.1) is 0 Å². The second-order valence-electron chi connectivity index (χ2n) is 3.56. The normalized spacial score (nSPS) is 10.8. The summed E-state index contributed by atoms with van der Waals surface area (Å²) in [7, 11) is 1.91. The summed E-state index contributed by atoms with van der Waals surface area (Å²) in [6, 6.07) is 14.1. The lowest BCUT2D eigenvalue weighted by atomic mass is 10.1. The highest BCUT2D eigenvalue weighted by atomic mass is 16.4. The summed E-state index contributed by atoms with van der Waals surface area (Å²) in [5.74, 6) is 0. The largest absolute Gasteiger partial charge is 0.411 e. The van der Waals surface area contributed by atoms with Gasteiger partial charge in [-0.1, -0.05) is 35.5 Å². The minimum atomic E-state index is 0.851. The van der Waals surface area contributed by atoms with Crippen LogP contribution in [0, 0.1) is 0 Å². The van der Waals surface area contributed by atoms with E-state index < -0.39 is 0 Å². The van der Waals surface area contributed by atoms with Crippen molar-refractivity contribution in [3.8, 4) is 11.1 Å². The number of rotatable bonds is 2. The Bertz CT molecular complexity index is 507. The highest BCUT2D eigenvalue weighted by Crippen LogP contribution is 2.17. The van der Waals surface area contributed by atoms with Gasteiger partial charge < -0.3 is 5.21 Å². The van der Waals surface area contributed by atoms with E-state index >= 15 is 0 Å². The summed E-state index contributed by atoms with van der Waals surface area (Å²) in [5.41, 5.74) is 3.10. The molecule has 0 amide bonds. The van der Waals surface area contributed by atoms with Gasteiger partial charge in [0.1, 0.15) is 13.3 Å². The van der Waals surface area contributed by atoms with Gasteiger partial charge in [-0.3, -0.25) is 0 Å². The summed E-state index contributed by atoms with van der Waals surface area (Å²) in [4.78, 5) is 0. The summed E-state index contributed by atoms with van der Waals surface area (Å²) in [5, 5.41) is 11.6. The molecule has 0 saturated heterocycles. The average Bonchev–Trinajstić information content (AvgIpc) is 2.33. The Balaban J connectivity index is 2.48. The number of oxime groups is 1. The molecule has 0 aliphatic rings. The van der Waals surface area contributed by atoms with Crippen molar-refractivity contribution >= 4 is 6.21 Å². The average molecular weight is 213 g/mol. The second-order valence-corrected chi connectivity index (χ2v) is 3.56. The number of benzene rings is 1. The van der Waals surface area contributed by atoms with E-state index in [1.807, 2.05) is 48.1 Å². The van der Waals surface area contributed by atoms with Gasteiger partial charge in [-0.2, -0.15) is 0 Å². The molecule has 1 aromatic carbocycles. The van der Waals surface area contributed by atoms with Crippen molar-refractivity contribution in [2.75, 3.05) is 0 Å². The molecule has 0 radical (unpaired) electrons. The van der Waals surface area contributed by atoms with Crippen molar-refractivity contribution in [3.05, 3.63) is 54.4 Å². The van der Waals surface area contributed by atoms with Crippen molar-refractivity contribution < 1.29 is 9.77 Å². The number of pyridine rings is 1. The fraction of sp³-hybridized carbons (Fsp3) is 0.0769. The minimum absolute atomic E-state index is 0.851. The van der Waals surface area contributed by atoms with Crippen molar-refractivity contribution in [1.29, 1.82) is 0 Å². The molecule has 1 aromatic heterocycles. The molecule has 2 aromatic rings. The topological polar surface area (TPSA) is 36.5 Å². The van der Waals surface area contributed by atoms with E-state index in [2.05, 4.69) is 17.3 Å². The van der Waals surface area contributed by atoms with Crippen molar-refractivity contribution in [1.82, 2.24) is 0 Å². The van der Waals surface area contributed by atoms with Crippen LogP contribution in [0.2, 0.25) is 0 Å². The molecule has 0 aliphatic heterocycles. The quantitative estimate of drug-likeness (QED) is 0.352. The van der Waals surface area contributed by atoms with Gasteiger partial charge in [0.2, 0.25) is 5.69 Å².